The van der Waals surface area contributed by atoms with Crippen molar-refractivity contribution in [1.29, 1.82) is 0 Å². The summed E-state index contributed by atoms with van der Waals surface area (Å²) in [6, 6.07) is 5.16. The molecule has 0 unspecified atom stereocenters. The zero-order chi connectivity index (χ0) is 12.5. The molecule has 1 atom stereocenters. The van der Waals surface area contributed by atoms with Gasteiger partial charge in [-0.15, -0.1) is 0 Å². The predicted molar refractivity (Wildman–Crippen MR) is 70.0 cm³/mol. The Balaban J connectivity index is 2.02. The monoisotopic (exact) mass is 264 g/mol. The molecule has 1 aromatic carbocycles. The summed E-state index contributed by atoms with van der Waals surface area (Å²) in [5.74, 6) is 0. The highest BCUT2D eigenvalue weighted by Crippen LogP contribution is 2.16. The lowest BCUT2D eigenvalue weighted by molar-refractivity contribution is 0.0960. The van der Waals surface area contributed by atoms with Crippen LogP contribution in [0.5, 0.6) is 0 Å². The van der Waals surface area contributed by atoms with E-state index in [0.29, 0.717) is 22.5 Å². The van der Waals surface area contributed by atoms with Gasteiger partial charge in [0.15, 0.2) is 0 Å². The summed E-state index contributed by atoms with van der Waals surface area (Å²) in [4.78, 5) is 16.6. The molecule has 0 aliphatic carbocycles. The molecule has 0 bridgehead atoms. The van der Waals surface area contributed by atoms with E-state index in [9.17, 15) is 4.79 Å². The molecule has 5 heteroatoms. The van der Waals surface area contributed by atoms with Crippen LogP contribution in [0.1, 0.15) is 12.8 Å². The summed E-state index contributed by atoms with van der Waals surface area (Å²) in [5, 5.41) is 1.11. The normalized spacial score (nSPS) is 19.5. The highest BCUT2D eigenvalue weighted by atomic mass is 35.5. The Hall–Kier alpha value is -1.39. The lowest BCUT2D eigenvalue weighted by atomic mass is 10.2. The van der Waals surface area contributed by atoms with Gasteiger partial charge in [0, 0.05) is 11.6 Å². The number of aromatic nitrogens is 2. The van der Waals surface area contributed by atoms with E-state index in [1.54, 1.807) is 29.1 Å². The number of hydrogen-bond donors (Lipinski definition) is 0. The number of nitrogens with zero attached hydrogens (tertiary/aromatic N) is 2. The Morgan fingerprint density at radius 1 is 1.50 bits per heavy atom. The summed E-state index contributed by atoms with van der Waals surface area (Å²) in [5.41, 5.74) is 0.617. The predicted octanol–water partition coefficient (Wildman–Crippen LogP) is 2.23. The quantitative estimate of drug-likeness (QED) is 0.835. The minimum absolute atomic E-state index is 0.0574. The van der Waals surface area contributed by atoms with Gasteiger partial charge >= 0.3 is 0 Å². The molecule has 0 spiro atoms. The third-order valence-corrected chi connectivity index (χ3v) is 3.45. The minimum Gasteiger partial charge on any atom is -0.376 e. The lowest BCUT2D eigenvalue weighted by Gasteiger charge is -2.11. The molecule has 1 aromatic heterocycles. The van der Waals surface area contributed by atoms with Gasteiger partial charge in [-0.25, -0.2) is 4.98 Å². The summed E-state index contributed by atoms with van der Waals surface area (Å²) in [7, 11) is 0. The zero-order valence-corrected chi connectivity index (χ0v) is 10.6. The van der Waals surface area contributed by atoms with Crippen molar-refractivity contribution in [2.75, 3.05) is 6.61 Å². The second-order valence-corrected chi connectivity index (χ2v) is 4.94. The van der Waals surface area contributed by atoms with Gasteiger partial charge in [0.25, 0.3) is 5.56 Å². The van der Waals surface area contributed by atoms with Crippen molar-refractivity contribution in [3.63, 3.8) is 0 Å². The van der Waals surface area contributed by atoms with Gasteiger partial charge in [-0.2, -0.15) is 0 Å². The van der Waals surface area contributed by atoms with Crippen LogP contribution in [0.3, 0.4) is 0 Å². The molecule has 18 heavy (non-hydrogen) atoms. The van der Waals surface area contributed by atoms with E-state index in [1.165, 1.54) is 0 Å². The van der Waals surface area contributed by atoms with Gasteiger partial charge in [0.1, 0.15) is 0 Å². The van der Waals surface area contributed by atoms with E-state index in [4.69, 9.17) is 16.3 Å². The zero-order valence-electron chi connectivity index (χ0n) is 9.80. The fraction of sp³-hybridized carbons (Fsp3) is 0.385. The van der Waals surface area contributed by atoms with Crippen LogP contribution in [0.25, 0.3) is 10.9 Å². The Labute approximate surface area is 109 Å². The molecule has 2 heterocycles. The fourth-order valence-corrected chi connectivity index (χ4v) is 2.44. The first kappa shape index (κ1) is 11.7. The molecule has 0 saturated carbocycles. The van der Waals surface area contributed by atoms with E-state index in [-0.39, 0.29) is 11.7 Å². The number of halogens is 1. The summed E-state index contributed by atoms with van der Waals surface area (Å²) in [6.07, 6.45) is 3.77. The number of benzene rings is 1. The molecule has 1 aliphatic rings. The van der Waals surface area contributed by atoms with E-state index < -0.39 is 0 Å². The highest BCUT2D eigenvalue weighted by Gasteiger charge is 2.17. The van der Waals surface area contributed by atoms with Crippen molar-refractivity contribution in [1.82, 2.24) is 9.55 Å². The first-order valence-corrected chi connectivity index (χ1v) is 6.38. The molecule has 1 saturated heterocycles. The second kappa shape index (κ2) is 4.71. The van der Waals surface area contributed by atoms with Gasteiger partial charge in [0.05, 0.1) is 29.9 Å². The molecule has 3 rings (SSSR count). The average molecular weight is 265 g/mol. The number of fused-ring (bicyclic) bond motifs is 1. The maximum Gasteiger partial charge on any atom is 0.261 e. The van der Waals surface area contributed by atoms with E-state index in [2.05, 4.69) is 4.98 Å². The molecular formula is C13H13ClN2O2. The molecule has 2 aromatic rings. The average Bonchev–Trinajstić information content (AvgIpc) is 2.86. The third kappa shape index (κ3) is 2.13. The third-order valence-electron chi connectivity index (χ3n) is 3.21. The highest BCUT2D eigenvalue weighted by molar-refractivity contribution is 6.31. The van der Waals surface area contributed by atoms with Crippen LogP contribution in [-0.2, 0) is 11.3 Å². The van der Waals surface area contributed by atoms with Crippen LogP contribution in [0.2, 0.25) is 5.02 Å². The summed E-state index contributed by atoms with van der Waals surface area (Å²) >= 11 is 5.91. The molecule has 1 fully saturated rings. The largest absolute Gasteiger partial charge is 0.376 e. The van der Waals surface area contributed by atoms with Crippen LogP contribution in [-0.4, -0.2) is 22.3 Å². The smallest absolute Gasteiger partial charge is 0.261 e. The van der Waals surface area contributed by atoms with Gasteiger partial charge < -0.3 is 4.74 Å². The van der Waals surface area contributed by atoms with E-state index in [0.717, 1.165) is 19.4 Å². The van der Waals surface area contributed by atoms with Crippen molar-refractivity contribution >= 4 is 22.5 Å². The standard InChI is InChI=1S/C13H13ClN2O2/c14-9-3-4-12-11(6-9)13(17)16(8-15-12)7-10-2-1-5-18-10/h3-4,6,8,10H,1-2,5,7H2/t10-/m1/s1. The number of ether oxygens (including phenoxy) is 1. The van der Waals surface area contributed by atoms with Crippen LogP contribution < -0.4 is 5.56 Å². The summed E-state index contributed by atoms with van der Waals surface area (Å²) in [6.45, 7) is 1.35. The molecule has 0 amide bonds. The van der Waals surface area contributed by atoms with Crippen LogP contribution in [0, 0.1) is 0 Å². The van der Waals surface area contributed by atoms with Crippen molar-refractivity contribution < 1.29 is 4.74 Å². The molecule has 0 radical (unpaired) electrons. The topological polar surface area (TPSA) is 44.1 Å². The summed E-state index contributed by atoms with van der Waals surface area (Å²) < 4.78 is 7.14. The first-order valence-electron chi connectivity index (χ1n) is 6.00. The Bertz CT molecular complexity index is 632. The Kier molecular flexibility index (Phi) is 3.06. The Morgan fingerprint density at radius 3 is 3.17 bits per heavy atom. The maximum atomic E-state index is 12.3. The van der Waals surface area contributed by atoms with E-state index >= 15 is 0 Å². The number of rotatable bonds is 2. The van der Waals surface area contributed by atoms with Crippen LogP contribution in [0.4, 0.5) is 0 Å². The van der Waals surface area contributed by atoms with Crippen LogP contribution in [0.15, 0.2) is 29.3 Å². The van der Waals surface area contributed by atoms with Crippen molar-refractivity contribution in [3.8, 4) is 0 Å². The number of hydrogen-bond acceptors (Lipinski definition) is 3. The van der Waals surface area contributed by atoms with Gasteiger partial charge in [0.2, 0.25) is 0 Å². The van der Waals surface area contributed by atoms with Crippen molar-refractivity contribution in [3.05, 3.63) is 39.9 Å². The van der Waals surface area contributed by atoms with E-state index in [1.807, 2.05) is 0 Å². The molecule has 4 nitrogen and oxygen atoms in total. The molecule has 94 valence electrons. The van der Waals surface area contributed by atoms with Crippen molar-refractivity contribution in [2.24, 2.45) is 0 Å². The SMILES string of the molecule is O=c1c2cc(Cl)ccc2ncn1C[C@H]1CCCO1. The van der Waals surface area contributed by atoms with Gasteiger partial charge in [-0.3, -0.25) is 9.36 Å². The fourth-order valence-electron chi connectivity index (χ4n) is 2.27. The van der Waals surface area contributed by atoms with Crippen LogP contribution >= 0.6 is 11.6 Å². The molecular weight excluding hydrogens is 252 g/mol. The first-order chi connectivity index (χ1) is 8.74. The van der Waals surface area contributed by atoms with Gasteiger partial charge in [-0.1, -0.05) is 11.6 Å². The van der Waals surface area contributed by atoms with Gasteiger partial charge in [-0.05, 0) is 31.0 Å². The second-order valence-electron chi connectivity index (χ2n) is 4.50. The minimum atomic E-state index is -0.0574. The maximum absolute atomic E-state index is 12.3. The molecule has 0 N–H and O–H groups in total. The lowest BCUT2D eigenvalue weighted by Crippen LogP contribution is -2.26. The van der Waals surface area contributed by atoms with Crippen molar-refractivity contribution in [2.45, 2.75) is 25.5 Å². The Morgan fingerprint density at radius 2 is 2.39 bits per heavy atom. The molecule has 1 aliphatic heterocycles.